The van der Waals surface area contributed by atoms with Gasteiger partial charge in [-0.15, -0.1) is 0 Å². The monoisotopic (exact) mass is 412 g/mol. The highest BCUT2D eigenvalue weighted by Gasteiger charge is 2.42. The lowest BCUT2D eigenvalue weighted by Gasteiger charge is -2.43. The first-order valence-corrected chi connectivity index (χ1v) is 15.7. The van der Waals surface area contributed by atoms with Crippen LogP contribution < -0.4 is 0 Å². The first-order valence-electron chi connectivity index (χ1n) is 9.97. The predicted octanol–water partition coefficient (Wildman–Crippen LogP) is 8.13. The minimum atomic E-state index is -1.35. The molecule has 0 radical (unpaired) electrons. The van der Waals surface area contributed by atoms with Crippen LogP contribution in [0.4, 0.5) is 0 Å². The summed E-state index contributed by atoms with van der Waals surface area (Å²) >= 11 is 0. The van der Waals surface area contributed by atoms with Gasteiger partial charge in [-0.2, -0.15) is 0 Å². The Labute approximate surface area is 171 Å². The SMILES string of the molecule is CC(C)CCc1ccc(SSC(OCC(C)C)C(C)(C)[Si](C)(C)C)cc1. The Kier molecular flexibility index (Phi) is 9.83. The number of aryl methyl sites for hydroxylation is 1. The second-order valence-electron chi connectivity index (χ2n) is 9.79. The highest BCUT2D eigenvalue weighted by molar-refractivity contribution is 8.76. The molecule has 1 aromatic carbocycles. The minimum Gasteiger partial charge on any atom is -0.366 e. The van der Waals surface area contributed by atoms with Crippen LogP contribution in [0.5, 0.6) is 0 Å². The smallest absolute Gasteiger partial charge is 0.116 e. The summed E-state index contributed by atoms with van der Waals surface area (Å²) in [5, 5.41) is 0.219. The van der Waals surface area contributed by atoms with Crippen LogP contribution in [0.1, 0.15) is 53.5 Å². The van der Waals surface area contributed by atoms with Crippen LogP contribution in [0.2, 0.25) is 24.7 Å². The van der Waals surface area contributed by atoms with Gasteiger partial charge in [-0.1, -0.05) is 94.9 Å². The lowest BCUT2D eigenvalue weighted by atomic mass is 10.0. The molecule has 0 fully saturated rings. The van der Waals surface area contributed by atoms with E-state index in [1.807, 2.05) is 21.6 Å². The molecule has 0 bridgehead atoms. The fraction of sp³-hybridized carbons (Fsp3) is 0.727. The van der Waals surface area contributed by atoms with Crippen molar-refractivity contribution < 1.29 is 4.74 Å². The number of hydrogen-bond donors (Lipinski definition) is 0. The number of benzene rings is 1. The summed E-state index contributed by atoms with van der Waals surface area (Å²) in [6, 6.07) is 9.13. The van der Waals surface area contributed by atoms with Crippen molar-refractivity contribution in [3.8, 4) is 0 Å². The van der Waals surface area contributed by atoms with Crippen molar-refractivity contribution in [3.63, 3.8) is 0 Å². The van der Waals surface area contributed by atoms with Crippen molar-refractivity contribution in [3.05, 3.63) is 29.8 Å². The molecular weight excluding hydrogens is 372 g/mol. The van der Waals surface area contributed by atoms with E-state index < -0.39 is 8.07 Å². The van der Waals surface area contributed by atoms with Gasteiger partial charge >= 0.3 is 0 Å². The molecule has 26 heavy (non-hydrogen) atoms. The molecular formula is C22H40OS2Si. The molecule has 0 heterocycles. The van der Waals surface area contributed by atoms with Gasteiger partial charge in [0, 0.05) is 4.90 Å². The molecule has 0 saturated carbocycles. The van der Waals surface area contributed by atoms with Gasteiger partial charge in [-0.05, 0) is 47.4 Å². The molecule has 0 aliphatic heterocycles. The quantitative estimate of drug-likeness (QED) is 0.206. The third-order valence-electron chi connectivity index (χ3n) is 5.27. The molecule has 0 aromatic heterocycles. The maximum absolute atomic E-state index is 6.38. The number of rotatable bonds is 11. The van der Waals surface area contributed by atoms with Gasteiger partial charge in [-0.25, -0.2) is 0 Å². The van der Waals surface area contributed by atoms with E-state index in [-0.39, 0.29) is 10.5 Å². The van der Waals surface area contributed by atoms with Crippen molar-refractivity contribution in [1.29, 1.82) is 0 Å². The van der Waals surface area contributed by atoms with Crippen LogP contribution in [0.15, 0.2) is 29.2 Å². The number of hydrogen-bond acceptors (Lipinski definition) is 3. The van der Waals surface area contributed by atoms with E-state index in [4.69, 9.17) is 4.74 Å². The van der Waals surface area contributed by atoms with Gasteiger partial charge in [0.15, 0.2) is 0 Å². The summed E-state index contributed by atoms with van der Waals surface area (Å²) < 4.78 is 6.38. The zero-order valence-corrected chi connectivity index (χ0v) is 21.0. The summed E-state index contributed by atoms with van der Waals surface area (Å²) in [6.45, 7) is 22.0. The first kappa shape index (κ1) is 24.1. The topological polar surface area (TPSA) is 9.23 Å². The van der Waals surface area contributed by atoms with Crippen molar-refractivity contribution in [1.82, 2.24) is 0 Å². The molecule has 1 unspecified atom stereocenters. The molecule has 0 spiro atoms. The maximum Gasteiger partial charge on any atom is 0.116 e. The van der Waals surface area contributed by atoms with Crippen LogP contribution in [-0.2, 0) is 11.2 Å². The van der Waals surface area contributed by atoms with Crippen molar-refractivity contribution in [2.24, 2.45) is 11.8 Å². The largest absolute Gasteiger partial charge is 0.366 e. The second kappa shape index (κ2) is 10.6. The van der Waals surface area contributed by atoms with Crippen molar-refractivity contribution in [2.75, 3.05) is 6.61 Å². The fourth-order valence-corrected chi connectivity index (χ4v) is 7.18. The van der Waals surface area contributed by atoms with Crippen molar-refractivity contribution >= 4 is 29.7 Å². The van der Waals surface area contributed by atoms with E-state index in [2.05, 4.69) is 85.4 Å². The van der Waals surface area contributed by atoms with Gasteiger partial charge in [0.1, 0.15) is 5.44 Å². The van der Waals surface area contributed by atoms with Gasteiger partial charge in [0.05, 0.1) is 14.7 Å². The molecule has 1 aromatic rings. The first-order chi connectivity index (χ1) is 11.9. The normalized spacial score (nSPS) is 14.3. The second-order valence-corrected chi connectivity index (χ2v) is 17.9. The van der Waals surface area contributed by atoms with E-state index in [0.717, 1.165) is 12.5 Å². The van der Waals surface area contributed by atoms with E-state index in [1.165, 1.54) is 23.3 Å². The van der Waals surface area contributed by atoms with Crippen molar-refractivity contribution in [2.45, 2.75) is 89.4 Å². The summed E-state index contributed by atoms with van der Waals surface area (Å²) in [4.78, 5) is 1.33. The number of ether oxygens (including phenoxy) is 1. The highest BCUT2D eigenvalue weighted by atomic mass is 33.1. The Bertz CT molecular complexity index is 518. The molecule has 4 heteroatoms. The Morgan fingerprint density at radius 2 is 1.54 bits per heavy atom. The molecule has 1 rings (SSSR count). The predicted molar refractivity (Wildman–Crippen MR) is 125 cm³/mol. The lowest BCUT2D eigenvalue weighted by molar-refractivity contribution is 0.0681. The van der Waals surface area contributed by atoms with Gasteiger partial charge < -0.3 is 4.74 Å². The van der Waals surface area contributed by atoms with Gasteiger partial charge in [-0.3, -0.25) is 0 Å². The zero-order valence-electron chi connectivity index (χ0n) is 18.4. The van der Waals surface area contributed by atoms with Crippen LogP contribution >= 0.6 is 21.6 Å². The van der Waals surface area contributed by atoms with E-state index >= 15 is 0 Å². The summed E-state index contributed by atoms with van der Waals surface area (Å²) in [6.07, 6.45) is 2.44. The summed E-state index contributed by atoms with van der Waals surface area (Å²) in [5.41, 5.74) is 1.67. The van der Waals surface area contributed by atoms with Gasteiger partial charge in [0.25, 0.3) is 0 Å². The molecule has 0 saturated heterocycles. The third kappa shape index (κ3) is 8.00. The molecule has 0 N–H and O–H groups in total. The maximum atomic E-state index is 6.38. The standard InChI is InChI=1S/C22H40OS2Si/c1-17(2)10-11-19-12-14-20(15-13-19)24-25-21(23-16-18(3)4)22(5,6)26(7,8)9/h12-15,17-18,21H,10-11,16H2,1-9H3. The summed E-state index contributed by atoms with van der Waals surface area (Å²) in [7, 11) is 2.43. The molecule has 1 nitrogen and oxygen atoms in total. The Hall–Kier alpha value is 0.0969. The average molecular weight is 413 g/mol. The fourth-order valence-electron chi connectivity index (χ4n) is 2.26. The van der Waals surface area contributed by atoms with Crippen LogP contribution in [0, 0.1) is 11.8 Å². The van der Waals surface area contributed by atoms with E-state index in [9.17, 15) is 0 Å². The molecule has 0 aliphatic carbocycles. The zero-order chi connectivity index (χ0) is 20.0. The lowest BCUT2D eigenvalue weighted by Crippen LogP contribution is -2.43. The molecule has 1 atom stereocenters. The highest BCUT2D eigenvalue weighted by Crippen LogP contribution is 2.51. The minimum absolute atomic E-state index is 0.219. The Balaban J connectivity index is 2.73. The Morgan fingerprint density at radius 3 is 2.00 bits per heavy atom. The van der Waals surface area contributed by atoms with E-state index in [0.29, 0.717) is 5.92 Å². The Morgan fingerprint density at radius 1 is 0.962 bits per heavy atom. The summed E-state index contributed by atoms with van der Waals surface area (Å²) in [5.74, 6) is 1.34. The van der Waals surface area contributed by atoms with E-state index in [1.54, 1.807) is 0 Å². The van der Waals surface area contributed by atoms with Gasteiger partial charge in [0.2, 0.25) is 0 Å². The molecule has 150 valence electrons. The third-order valence-corrected chi connectivity index (χ3v) is 12.5. The molecule has 0 aliphatic rings. The average Bonchev–Trinajstić information content (AvgIpc) is 2.52. The van der Waals surface area contributed by atoms with Crippen LogP contribution in [0.3, 0.4) is 0 Å². The molecule has 0 amide bonds. The van der Waals surface area contributed by atoms with Crippen LogP contribution in [-0.4, -0.2) is 20.1 Å². The van der Waals surface area contributed by atoms with Crippen LogP contribution in [0.25, 0.3) is 0 Å².